The van der Waals surface area contributed by atoms with Gasteiger partial charge in [-0.05, 0) is 51.0 Å². The van der Waals surface area contributed by atoms with E-state index < -0.39 is 0 Å². The molecule has 6 nitrogen and oxygen atoms in total. The Balaban J connectivity index is 1.64. The van der Waals surface area contributed by atoms with Crippen LogP contribution in [-0.2, 0) is 4.74 Å². The van der Waals surface area contributed by atoms with Crippen LogP contribution in [0.4, 0.5) is 17.5 Å². The summed E-state index contributed by atoms with van der Waals surface area (Å²) in [6, 6.07) is 9.75. The molecule has 0 amide bonds. The van der Waals surface area contributed by atoms with Crippen molar-refractivity contribution in [1.29, 1.82) is 0 Å². The van der Waals surface area contributed by atoms with Crippen LogP contribution in [0.5, 0.6) is 5.75 Å². The van der Waals surface area contributed by atoms with Crippen molar-refractivity contribution < 1.29 is 9.47 Å². The summed E-state index contributed by atoms with van der Waals surface area (Å²) in [6.07, 6.45) is 2.48. The Kier molecular flexibility index (Phi) is 5.48. The maximum Gasteiger partial charge on any atom is 0.224 e. The molecule has 2 heterocycles. The topological polar surface area (TPSA) is 68.3 Å². The Bertz CT molecular complexity index is 655. The van der Waals surface area contributed by atoms with Crippen LogP contribution in [0.1, 0.15) is 25.5 Å². The first-order valence-electron chi connectivity index (χ1n) is 8.44. The molecule has 1 unspecified atom stereocenters. The van der Waals surface area contributed by atoms with Gasteiger partial charge in [0, 0.05) is 30.6 Å². The zero-order chi connectivity index (χ0) is 16.8. The molecular weight excluding hydrogens is 304 g/mol. The second kappa shape index (κ2) is 7.97. The molecule has 24 heavy (non-hydrogen) atoms. The standard InChI is InChI=1S/C18H24N4O2/c1-3-23-15-8-6-14(7-9-15)21-17-11-13(2)20-18(22-17)19-12-16-5-4-10-24-16/h6-9,11,16H,3-5,10,12H2,1-2H3,(H2,19,20,21,22). The van der Waals surface area contributed by atoms with Crippen molar-refractivity contribution in [2.45, 2.75) is 32.8 Å². The molecule has 3 rings (SSSR count). The minimum atomic E-state index is 0.261. The van der Waals surface area contributed by atoms with Gasteiger partial charge >= 0.3 is 0 Å². The Morgan fingerprint density at radius 2 is 2.08 bits per heavy atom. The summed E-state index contributed by atoms with van der Waals surface area (Å²) in [5.74, 6) is 2.25. The van der Waals surface area contributed by atoms with Crippen LogP contribution >= 0.6 is 0 Å². The molecule has 1 aromatic carbocycles. The zero-order valence-electron chi connectivity index (χ0n) is 14.2. The third kappa shape index (κ3) is 4.58. The number of anilines is 3. The highest BCUT2D eigenvalue weighted by molar-refractivity contribution is 5.58. The van der Waals surface area contributed by atoms with E-state index in [0.29, 0.717) is 12.6 Å². The van der Waals surface area contributed by atoms with Crippen molar-refractivity contribution in [3.63, 3.8) is 0 Å². The summed E-state index contributed by atoms with van der Waals surface area (Å²) in [5, 5.41) is 6.58. The molecule has 0 bridgehead atoms. The van der Waals surface area contributed by atoms with Gasteiger partial charge in [0.05, 0.1) is 12.7 Å². The van der Waals surface area contributed by atoms with Gasteiger partial charge in [0.25, 0.3) is 0 Å². The van der Waals surface area contributed by atoms with E-state index in [-0.39, 0.29) is 6.10 Å². The quantitative estimate of drug-likeness (QED) is 0.810. The van der Waals surface area contributed by atoms with E-state index in [1.165, 1.54) is 0 Å². The summed E-state index contributed by atoms with van der Waals surface area (Å²) in [7, 11) is 0. The molecule has 0 saturated carbocycles. The van der Waals surface area contributed by atoms with Gasteiger partial charge in [-0.15, -0.1) is 0 Å². The highest BCUT2D eigenvalue weighted by Crippen LogP contribution is 2.20. The fraction of sp³-hybridized carbons (Fsp3) is 0.444. The molecule has 2 aromatic rings. The van der Waals surface area contributed by atoms with E-state index in [1.807, 2.05) is 44.2 Å². The third-order valence-electron chi connectivity index (χ3n) is 3.80. The van der Waals surface area contributed by atoms with Crippen LogP contribution < -0.4 is 15.4 Å². The minimum absolute atomic E-state index is 0.261. The van der Waals surface area contributed by atoms with Crippen molar-refractivity contribution in [2.24, 2.45) is 0 Å². The minimum Gasteiger partial charge on any atom is -0.494 e. The number of aryl methyl sites for hydroxylation is 1. The fourth-order valence-corrected chi connectivity index (χ4v) is 2.67. The van der Waals surface area contributed by atoms with Crippen molar-refractivity contribution in [2.75, 3.05) is 30.4 Å². The van der Waals surface area contributed by atoms with E-state index in [2.05, 4.69) is 20.6 Å². The molecule has 1 aliphatic rings. The first-order valence-corrected chi connectivity index (χ1v) is 8.44. The van der Waals surface area contributed by atoms with Gasteiger partial charge in [-0.1, -0.05) is 0 Å². The predicted octanol–water partition coefficient (Wildman–Crippen LogP) is 3.52. The first-order chi connectivity index (χ1) is 11.7. The predicted molar refractivity (Wildman–Crippen MR) is 95.1 cm³/mol. The number of nitrogens with zero attached hydrogens (tertiary/aromatic N) is 2. The molecule has 1 aromatic heterocycles. The van der Waals surface area contributed by atoms with Crippen LogP contribution in [-0.4, -0.2) is 35.8 Å². The SMILES string of the molecule is CCOc1ccc(Nc2cc(C)nc(NCC3CCCO3)n2)cc1. The average Bonchev–Trinajstić information content (AvgIpc) is 3.08. The highest BCUT2D eigenvalue weighted by Gasteiger charge is 2.15. The normalized spacial score (nSPS) is 16.8. The van der Waals surface area contributed by atoms with Crippen LogP contribution in [0.2, 0.25) is 0 Å². The summed E-state index contributed by atoms with van der Waals surface area (Å²) in [4.78, 5) is 8.97. The van der Waals surface area contributed by atoms with Gasteiger partial charge in [-0.25, -0.2) is 4.98 Å². The number of aromatic nitrogens is 2. The van der Waals surface area contributed by atoms with E-state index in [0.717, 1.165) is 48.9 Å². The molecule has 0 spiro atoms. The van der Waals surface area contributed by atoms with E-state index >= 15 is 0 Å². The van der Waals surface area contributed by atoms with Gasteiger partial charge in [-0.2, -0.15) is 4.98 Å². The number of ether oxygens (including phenoxy) is 2. The van der Waals surface area contributed by atoms with Crippen molar-refractivity contribution in [1.82, 2.24) is 9.97 Å². The third-order valence-corrected chi connectivity index (χ3v) is 3.80. The van der Waals surface area contributed by atoms with Gasteiger partial charge in [0.15, 0.2) is 0 Å². The molecule has 1 saturated heterocycles. The average molecular weight is 328 g/mol. The molecular formula is C18H24N4O2. The molecule has 1 fully saturated rings. The summed E-state index contributed by atoms with van der Waals surface area (Å²) in [5.41, 5.74) is 1.87. The maximum absolute atomic E-state index is 5.62. The van der Waals surface area contributed by atoms with Crippen molar-refractivity contribution in [3.8, 4) is 5.75 Å². The Morgan fingerprint density at radius 3 is 2.79 bits per heavy atom. The molecule has 0 aliphatic carbocycles. The zero-order valence-corrected chi connectivity index (χ0v) is 14.2. The van der Waals surface area contributed by atoms with Crippen LogP contribution in [0.15, 0.2) is 30.3 Å². The van der Waals surface area contributed by atoms with Crippen LogP contribution in [0.25, 0.3) is 0 Å². The smallest absolute Gasteiger partial charge is 0.224 e. The Labute approximate surface area is 142 Å². The molecule has 2 N–H and O–H groups in total. The summed E-state index contributed by atoms with van der Waals surface area (Å²) in [6.45, 7) is 6.19. The highest BCUT2D eigenvalue weighted by atomic mass is 16.5. The van der Waals surface area contributed by atoms with E-state index in [9.17, 15) is 0 Å². The monoisotopic (exact) mass is 328 g/mol. The van der Waals surface area contributed by atoms with Gasteiger partial charge < -0.3 is 20.1 Å². The van der Waals surface area contributed by atoms with Crippen LogP contribution in [0.3, 0.4) is 0 Å². The lowest BCUT2D eigenvalue weighted by Crippen LogP contribution is -2.20. The van der Waals surface area contributed by atoms with Crippen LogP contribution in [0, 0.1) is 6.92 Å². The number of hydrogen-bond acceptors (Lipinski definition) is 6. The second-order valence-electron chi connectivity index (χ2n) is 5.82. The summed E-state index contributed by atoms with van der Waals surface area (Å²) >= 11 is 0. The Morgan fingerprint density at radius 1 is 1.25 bits per heavy atom. The number of hydrogen-bond donors (Lipinski definition) is 2. The van der Waals surface area contributed by atoms with E-state index in [4.69, 9.17) is 9.47 Å². The Hall–Kier alpha value is -2.34. The van der Waals surface area contributed by atoms with Gasteiger partial charge in [0.1, 0.15) is 11.6 Å². The fourth-order valence-electron chi connectivity index (χ4n) is 2.67. The molecule has 6 heteroatoms. The molecule has 1 atom stereocenters. The molecule has 128 valence electrons. The lowest BCUT2D eigenvalue weighted by molar-refractivity contribution is 0.120. The number of nitrogens with one attached hydrogen (secondary N) is 2. The van der Waals surface area contributed by atoms with Gasteiger partial charge in [0.2, 0.25) is 5.95 Å². The lowest BCUT2D eigenvalue weighted by atomic mass is 10.2. The second-order valence-corrected chi connectivity index (χ2v) is 5.82. The molecule has 1 aliphatic heterocycles. The number of benzene rings is 1. The molecule has 0 radical (unpaired) electrons. The van der Waals surface area contributed by atoms with Crippen molar-refractivity contribution in [3.05, 3.63) is 36.0 Å². The maximum atomic E-state index is 5.62. The first kappa shape index (κ1) is 16.5. The van der Waals surface area contributed by atoms with Gasteiger partial charge in [-0.3, -0.25) is 0 Å². The largest absolute Gasteiger partial charge is 0.494 e. The van der Waals surface area contributed by atoms with Crippen molar-refractivity contribution >= 4 is 17.5 Å². The number of rotatable bonds is 7. The lowest BCUT2D eigenvalue weighted by Gasteiger charge is -2.13. The summed E-state index contributed by atoms with van der Waals surface area (Å²) < 4.78 is 11.1. The van der Waals surface area contributed by atoms with E-state index in [1.54, 1.807) is 0 Å².